The van der Waals surface area contributed by atoms with Crippen LogP contribution in [0.1, 0.15) is 12.7 Å². The number of sulfonamides is 1. The molecule has 2 rings (SSSR count). The van der Waals surface area contributed by atoms with Crippen molar-refractivity contribution in [3.05, 3.63) is 30.5 Å². The Balaban J connectivity index is 2.07. The zero-order valence-electron chi connectivity index (χ0n) is 12.2. The van der Waals surface area contributed by atoms with E-state index in [0.717, 1.165) is 16.7 Å². The minimum atomic E-state index is -3.45. The summed E-state index contributed by atoms with van der Waals surface area (Å²) in [4.78, 5) is 4.27. The lowest BCUT2D eigenvalue weighted by Gasteiger charge is -2.11. The molecule has 0 aliphatic rings. The van der Waals surface area contributed by atoms with Crippen LogP contribution >= 0.6 is 0 Å². The lowest BCUT2D eigenvalue weighted by Crippen LogP contribution is -2.22. The zero-order valence-corrected chi connectivity index (χ0v) is 13.0. The Kier molecular flexibility index (Phi) is 4.53. The molecular weight excluding hydrogens is 292 g/mol. The molecule has 0 amide bonds. The normalized spacial score (nSPS) is 11.8. The number of rotatable bonds is 6. The molecule has 0 saturated carbocycles. The number of hydrogen-bond acceptors (Lipinski definition) is 6. The first kappa shape index (κ1) is 15.4. The Morgan fingerprint density at radius 1 is 1.33 bits per heavy atom. The lowest BCUT2D eigenvalue weighted by atomic mass is 10.4. The summed E-state index contributed by atoms with van der Waals surface area (Å²) in [5.74, 6) is 1.38. The molecule has 0 aliphatic carbocycles. The van der Waals surface area contributed by atoms with Crippen molar-refractivity contribution in [3.8, 4) is 0 Å². The summed E-state index contributed by atoms with van der Waals surface area (Å²) in [6, 6.07) is 3.15. The van der Waals surface area contributed by atoms with E-state index >= 15 is 0 Å². The van der Waals surface area contributed by atoms with Gasteiger partial charge in [0, 0.05) is 26.8 Å². The van der Waals surface area contributed by atoms with Gasteiger partial charge in [-0.15, -0.1) is 10.2 Å². The highest BCUT2D eigenvalue weighted by molar-refractivity contribution is 7.89. The van der Waals surface area contributed by atoms with E-state index in [1.54, 1.807) is 12.4 Å². The fraction of sp³-hybridized carbons (Fsp3) is 0.417. The average molecular weight is 310 g/mol. The van der Waals surface area contributed by atoms with Crippen molar-refractivity contribution in [2.75, 3.05) is 19.4 Å². The second-order valence-corrected chi connectivity index (χ2v) is 6.71. The molecule has 9 heteroatoms. The number of aryl methyl sites for hydroxylation is 1. The molecule has 0 unspecified atom stereocenters. The van der Waals surface area contributed by atoms with Crippen LogP contribution in [0.3, 0.4) is 0 Å². The van der Waals surface area contributed by atoms with Crippen LogP contribution < -0.4 is 5.32 Å². The van der Waals surface area contributed by atoms with Crippen LogP contribution in [0, 0.1) is 0 Å². The van der Waals surface area contributed by atoms with Gasteiger partial charge in [0.05, 0.1) is 6.54 Å². The number of hydrogen-bond donors (Lipinski definition) is 1. The third-order valence-corrected chi connectivity index (χ3v) is 4.78. The number of nitrogens with zero attached hydrogens (tertiary/aromatic N) is 5. The van der Waals surface area contributed by atoms with Crippen molar-refractivity contribution in [1.29, 1.82) is 0 Å². The molecule has 0 aliphatic heterocycles. The zero-order chi connectivity index (χ0) is 15.5. The Morgan fingerprint density at radius 3 is 2.67 bits per heavy atom. The van der Waals surface area contributed by atoms with Gasteiger partial charge in [-0.25, -0.2) is 17.7 Å². The smallest absolute Gasteiger partial charge is 0.244 e. The number of pyridine rings is 1. The van der Waals surface area contributed by atoms with Crippen molar-refractivity contribution in [1.82, 2.24) is 24.1 Å². The number of nitrogens with one attached hydrogen (secondary N) is 1. The predicted molar refractivity (Wildman–Crippen MR) is 78.1 cm³/mol. The van der Waals surface area contributed by atoms with E-state index in [-0.39, 0.29) is 4.90 Å². The van der Waals surface area contributed by atoms with Gasteiger partial charge in [0.25, 0.3) is 0 Å². The Hall–Kier alpha value is -2.00. The number of anilines is 1. The first-order chi connectivity index (χ1) is 9.95. The predicted octanol–water partition coefficient (Wildman–Crippen LogP) is 0.555. The molecule has 0 saturated heterocycles. The van der Waals surface area contributed by atoms with E-state index in [9.17, 15) is 8.42 Å². The molecule has 2 aromatic rings. The summed E-state index contributed by atoms with van der Waals surface area (Å²) in [5.41, 5.74) is 0. The Bertz CT molecular complexity index is 693. The lowest BCUT2D eigenvalue weighted by molar-refractivity contribution is 0.520. The maximum absolute atomic E-state index is 11.9. The highest BCUT2D eigenvalue weighted by Gasteiger charge is 2.17. The van der Waals surface area contributed by atoms with Crippen molar-refractivity contribution in [3.63, 3.8) is 0 Å². The largest absolute Gasteiger partial charge is 0.363 e. The van der Waals surface area contributed by atoms with E-state index in [1.807, 2.05) is 11.5 Å². The molecule has 0 fully saturated rings. The van der Waals surface area contributed by atoms with Gasteiger partial charge in [-0.1, -0.05) is 0 Å². The molecule has 0 atom stereocenters. The fourth-order valence-corrected chi connectivity index (χ4v) is 2.55. The van der Waals surface area contributed by atoms with Crippen LogP contribution in [-0.2, 0) is 23.1 Å². The maximum Gasteiger partial charge on any atom is 0.244 e. The third kappa shape index (κ3) is 3.37. The summed E-state index contributed by atoms with van der Waals surface area (Å²) in [7, 11) is -0.476. The van der Waals surface area contributed by atoms with Crippen LogP contribution in [0.15, 0.2) is 29.6 Å². The standard InChI is InChI=1S/C12H18N6O2S/c1-4-18-9-15-16-12(18)8-14-11-6-5-10(7-13-11)21(19,20)17(2)3/h5-7,9H,4,8H2,1-3H3,(H,13,14). The Labute approximate surface area is 123 Å². The van der Waals surface area contributed by atoms with E-state index < -0.39 is 10.0 Å². The van der Waals surface area contributed by atoms with E-state index in [1.165, 1.54) is 26.4 Å². The van der Waals surface area contributed by atoms with Crippen molar-refractivity contribution in [2.45, 2.75) is 24.9 Å². The molecule has 0 bridgehead atoms. The van der Waals surface area contributed by atoms with E-state index in [2.05, 4.69) is 20.5 Å². The van der Waals surface area contributed by atoms with Crippen LogP contribution in [0.4, 0.5) is 5.82 Å². The molecular formula is C12H18N6O2S. The van der Waals surface area contributed by atoms with Crippen LogP contribution in [0.2, 0.25) is 0 Å². The van der Waals surface area contributed by atoms with Crippen LogP contribution in [0.25, 0.3) is 0 Å². The summed E-state index contributed by atoms with van der Waals surface area (Å²) >= 11 is 0. The van der Waals surface area contributed by atoms with E-state index in [0.29, 0.717) is 12.4 Å². The van der Waals surface area contributed by atoms with Gasteiger partial charge in [0.1, 0.15) is 17.0 Å². The molecule has 0 radical (unpaired) electrons. The quantitative estimate of drug-likeness (QED) is 0.838. The second kappa shape index (κ2) is 6.19. The minimum Gasteiger partial charge on any atom is -0.363 e. The molecule has 0 spiro atoms. The van der Waals surface area contributed by atoms with Crippen LogP contribution in [-0.4, -0.2) is 46.6 Å². The third-order valence-electron chi connectivity index (χ3n) is 2.98. The van der Waals surface area contributed by atoms with Gasteiger partial charge in [-0.3, -0.25) is 0 Å². The first-order valence-electron chi connectivity index (χ1n) is 6.44. The number of aromatic nitrogens is 4. The molecule has 21 heavy (non-hydrogen) atoms. The highest BCUT2D eigenvalue weighted by atomic mass is 32.2. The molecule has 0 aromatic carbocycles. The molecule has 8 nitrogen and oxygen atoms in total. The van der Waals surface area contributed by atoms with E-state index in [4.69, 9.17) is 0 Å². The van der Waals surface area contributed by atoms with Gasteiger partial charge < -0.3 is 9.88 Å². The molecule has 114 valence electrons. The van der Waals surface area contributed by atoms with Gasteiger partial charge in [-0.2, -0.15) is 0 Å². The average Bonchev–Trinajstić information content (AvgIpc) is 2.92. The minimum absolute atomic E-state index is 0.162. The van der Waals surface area contributed by atoms with Gasteiger partial charge in [0.15, 0.2) is 5.82 Å². The SMILES string of the molecule is CCn1cnnc1CNc1ccc(S(=O)(=O)N(C)C)cn1. The van der Waals surface area contributed by atoms with Gasteiger partial charge >= 0.3 is 0 Å². The second-order valence-electron chi connectivity index (χ2n) is 4.55. The summed E-state index contributed by atoms with van der Waals surface area (Å²) in [6.07, 6.45) is 3.00. The fourth-order valence-electron chi connectivity index (χ4n) is 1.70. The van der Waals surface area contributed by atoms with Crippen molar-refractivity contribution in [2.24, 2.45) is 0 Å². The molecule has 2 heterocycles. The maximum atomic E-state index is 11.9. The monoisotopic (exact) mass is 310 g/mol. The van der Waals surface area contributed by atoms with Gasteiger partial charge in [-0.05, 0) is 19.1 Å². The summed E-state index contributed by atoms with van der Waals surface area (Å²) in [6.45, 7) is 3.27. The summed E-state index contributed by atoms with van der Waals surface area (Å²) in [5, 5.41) is 10.9. The topological polar surface area (TPSA) is 93.0 Å². The molecule has 2 aromatic heterocycles. The first-order valence-corrected chi connectivity index (χ1v) is 7.88. The van der Waals surface area contributed by atoms with Crippen molar-refractivity contribution >= 4 is 15.8 Å². The highest BCUT2D eigenvalue weighted by Crippen LogP contribution is 2.14. The Morgan fingerprint density at radius 2 is 2.10 bits per heavy atom. The summed E-state index contributed by atoms with van der Waals surface area (Å²) < 4.78 is 26.9. The van der Waals surface area contributed by atoms with Crippen molar-refractivity contribution < 1.29 is 8.42 Å². The molecule has 1 N–H and O–H groups in total. The van der Waals surface area contributed by atoms with Crippen LogP contribution in [0.5, 0.6) is 0 Å². The van der Waals surface area contributed by atoms with Gasteiger partial charge in [0.2, 0.25) is 10.0 Å².